The lowest BCUT2D eigenvalue weighted by Crippen LogP contribution is -1.86. The number of nitrogens with zero attached hydrogens (tertiary/aromatic N) is 5. The number of aromatic nitrogens is 5. The summed E-state index contributed by atoms with van der Waals surface area (Å²) >= 11 is 0. The van der Waals surface area contributed by atoms with E-state index in [1.165, 1.54) is 130 Å². The fourth-order valence-electron chi connectivity index (χ4n) is 11.6. The van der Waals surface area contributed by atoms with Gasteiger partial charge in [-0.05, 0) is 157 Å². The summed E-state index contributed by atoms with van der Waals surface area (Å²) in [4.78, 5) is 14.2. The van der Waals surface area contributed by atoms with E-state index < -0.39 is 0 Å². The van der Waals surface area contributed by atoms with Crippen LogP contribution in [0, 0.1) is 0 Å². The first-order valence-electron chi connectivity index (χ1n) is 22.6. The summed E-state index contributed by atoms with van der Waals surface area (Å²) in [5.41, 5.74) is 12.9. The fourth-order valence-corrected chi connectivity index (χ4v) is 11.6. The molecule has 0 spiro atoms. The minimum absolute atomic E-state index is 0.733. The maximum absolute atomic E-state index is 4.80. The molecule has 0 amide bonds. The average Bonchev–Trinajstić information content (AvgIpc) is 4.08. The quantitative estimate of drug-likeness (QED) is 0.178. The molecule has 0 radical (unpaired) electrons. The van der Waals surface area contributed by atoms with Gasteiger partial charge in [0.15, 0.2) is 5.82 Å². The Bertz CT molecular complexity index is 4430. The van der Waals surface area contributed by atoms with E-state index in [4.69, 9.17) is 4.98 Å². The third-order valence-corrected chi connectivity index (χ3v) is 14.5. The molecule has 6 heterocycles. The van der Waals surface area contributed by atoms with Crippen LogP contribution in [-0.4, -0.2) is 23.8 Å². The monoisotopic (exact) mass is 835 g/mol. The summed E-state index contributed by atoms with van der Waals surface area (Å²) in [6, 6.07) is 67.6. The van der Waals surface area contributed by atoms with E-state index in [0.717, 1.165) is 22.6 Å². The van der Waals surface area contributed by atoms with Crippen molar-refractivity contribution in [3.05, 3.63) is 201 Å². The molecule has 0 saturated heterocycles. The normalized spacial score (nSPS) is 12.5. The topological polar surface area (TPSA) is 47.5 Å². The Morgan fingerprint density at radius 3 is 1.11 bits per heavy atom. The van der Waals surface area contributed by atoms with E-state index in [-0.39, 0.29) is 0 Å². The van der Waals surface area contributed by atoms with Gasteiger partial charge >= 0.3 is 0 Å². The van der Waals surface area contributed by atoms with E-state index >= 15 is 0 Å². The van der Waals surface area contributed by atoms with Crippen LogP contribution >= 0.6 is 0 Å². The molecule has 5 nitrogen and oxygen atoms in total. The van der Waals surface area contributed by atoms with Crippen molar-refractivity contribution in [1.29, 1.82) is 0 Å². The van der Waals surface area contributed by atoms with Crippen LogP contribution in [0.5, 0.6) is 0 Å². The van der Waals surface area contributed by atoms with Gasteiger partial charge in [-0.25, -0.2) is 9.97 Å². The first-order chi connectivity index (χ1) is 32.7. The second-order valence-electron chi connectivity index (χ2n) is 18.1. The second-order valence-corrected chi connectivity index (χ2v) is 18.1. The predicted molar refractivity (Wildman–Crippen MR) is 275 cm³/mol. The Balaban J connectivity index is 0.903. The maximum atomic E-state index is 4.80. The lowest BCUT2D eigenvalue weighted by Gasteiger charge is -2.09. The van der Waals surface area contributed by atoms with Crippen LogP contribution < -0.4 is 0 Å². The summed E-state index contributed by atoms with van der Waals surface area (Å²) in [7, 11) is 0. The summed E-state index contributed by atoms with van der Waals surface area (Å²) in [5.74, 6) is 0.733. The highest BCUT2D eigenvalue weighted by Crippen LogP contribution is 2.46. The zero-order valence-corrected chi connectivity index (χ0v) is 35.3. The van der Waals surface area contributed by atoms with E-state index in [1.807, 2.05) is 30.7 Å². The summed E-state index contributed by atoms with van der Waals surface area (Å²) in [6.07, 6.45) is 5.54. The molecule has 0 fully saturated rings. The zero-order valence-electron chi connectivity index (χ0n) is 35.3. The number of fused-ring (bicyclic) bond motifs is 16. The Hall–Kier alpha value is -8.93. The first kappa shape index (κ1) is 34.5. The standard InChI is InChI=1S/C61H33N5/c1-3-10-36-30-55-46(22-34(36)8-1)50-26-44(54-12-5-6-17-62-54)27-51-48-24-42-20-38(13-15-40(42)32-57(48)65(55)59(50)51)39-14-16-41-33-58-49(25-43(41)21-39)53-29-45(61-63-18-7-19-64-61)28-52-47-23-35-9-2-4-11-37(35)31-56(47)66(58)60(52)53/h1-33H. The van der Waals surface area contributed by atoms with Crippen LogP contribution in [0.4, 0.5) is 0 Å². The molecular formula is C61H33N5. The van der Waals surface area contributed by atoms with E-state index in [2.05, 4.69) is 189 Å². The molecule has 0 aliphatic carbocycles. The van der Waals surface area contributed by atoms with E-state index in [1.54, 1.807) is 0 Å². The van der Waals surface area contributed by atoms with Crippen molar-refractivity contribution in [2.45, 2.75) is 0 Å². The Morgan fingerprint density at radius 2 is 0.652 bits per heavy atom. The molecule has 6 aromatic heterocycles. The minimum atomic E-state index is 0.733. The highest BCUT2D eigenvalue weighted by molar-refractivity contribution is 6.28. The third-order valence-electron chi connectivity index (χ3n) is 14.5. The van der Waals surface area contributed by atoms with Gasteiger partial charge in [0, 0.05) is 72.8 Å². The van der Waals surface area contributed by atoms with Crippen molar-refractivity contribution < 1.29 is 0 Å². The molecule has 66 heavy (non-hydrogen) atoms. The van der Waals surface area contributed by atoms with Gasteiger partial charge in [-0.2, -0.15) is 0 Å². The lowest BCUT2D eigenvalue weighted by atomic mass is 9.96. The number of hydrogen-bond donors (Lipinski definition) is 0. The van der Waals surface area contributed by atoms with Gasteiger partial charge < -0.3 is 8.80 Å². The predicted octanol–water partition coefficient (Wildman–Crippen LogP) is 15.8. The number of benzene rings is 10. The largest absolute Gasteiger partial charge is 0.308 e. The molecule has 0 aliphatic heterocycles. The summed E-state index contributed by atoms with van der Waals surface area (Å²) in [5, 5.41) is 19.8. The van der Waals surface area contributed by atoms with Crippen molar-refractivity contribution in [3.63, 3.8) is 0 Å². The minimum Gasteiger partial charge on any atom is -0.308 e. The molecule has 0 saturated carbocycles. The van der Waals surface area contributed by atoms with E-state index in [0.29, 0.717) is 0 Å². The molecule has 5 heteroatoms. The van der Waals surface area contributed by atoms with Gasteiger partial charge in [-0.15, -0.1) is 0 Å². The fraction of sp³-hybridized carbons (Fsp3) is 0. The van der Waals surface area contributed by atoms with Crippen molar-refractivity contribution >= 4 is 119 Å². The molecule has 0 bridgehead atoms. The van der Waals surface area contributed by atoms with Gasteiger partial charge in [0.05, 0.1) is 38.8 Å². The smallest absolute Gasteiger partial charge is 0.159 e. The Labute approximate surface area is 375 Å². The van der Waals surface area contributed by atoms with Crippen LogP contribution in [0.3, 0.4) is 0 Å². The first-order valence-corrected chi connectivity index (χ1v) is 22.6. The molecule has 0 unspecified atom stereocenters. The van der Waals surface area contributed by atoms with Gasteiger partial charge in [0.2, 0.25) is 0 Å². The zero-order chi connectivity index (χ0) is 42.8. The average molecular weight is 836 g/mol. The second kappa shape index (κ2) is 12.4. The maximum Gasteiger partial charge on any atom is 0.159 e. The summed E-state index contributed by atoms with van der Waals surface area (Å²) < 4.78 is 4.98. The lowest BCUT2D eigenvalue weighted by molar-refractivity contribution is 1.18. The molecule has 302 valence electrons. The highest BCUT2D eigenvalue weighted by Gasteiger charge is 2.23. The van der Waals surface area contributed by atoms with Crippen molar-refractivity contribution in [3.8, 4) is 33.8 Å². The van der Waals surface area contributed by atoms with Crippen molar-refractivity contribution in [2.75, 3.05) is 0 Å². The van der Waals surface area contributed by atoms with Gasteiger partial charge in [0.25, 0.3) is 0 Å². The molecular weight excluding hydrogens is 803 g/mol. The third kappa shape index (κ3) is 4.60. The van der Waals surface area contributed by atoms with Crippen molar-refractivity contribution in [1.82, 2.24) is 23.8 Å². The number of pyridine rings is 1. The molecule has 16 rings (SSSR count). The van der Waals surface area contributed by atoms with Gasteiger partial charge in [-0.1, -0.05) is 78.9 Å². The van der Waals surface area contributed by atoms with Crippen LogP contribution in [0.1, 0.15) is 0 Å². The van der Waals surface area contributed by atoms with Crippen LogP contribution in [-0.2, 0) is 0 Å². The van der Waals surface area contributed by atoms with Crippen molar-refractivity contribution in [2.24, 2.45) is 0 Å². The van der Waals surface area contributed by atoms with Crippen LogP contribution in [0.25, 0.3) is 153 Å². The summed E-state index contributed by atoms with van der Waals surface area (Å²) in [6.45, 7) is 0. The molecule has 10 aromatic carbocycles. The number of rotatable bonds is 3. The highest BCUT2D eigenvalue weighted by atomic mass is 14.9. The Kier molecular flexibility index (Phi) is 6.49. The van der Waals surface area contributed by atoms with Crippen LogP contribution in [0.15, 0.2) is 201 Å². The SMILES string of the molecule is c1ccc(-c2cc3c4cc5ccccc5cc4n4c5cc6ccc(-c7ccc8cc9c(cc8c7)c7cc(-c8ncccn8)cc8c%10cc%11ccccc%11cc%10n9c87)cc6cc5c(c2)c34)nc1. The number of hydrogen-bond acceptors (Lipinski definition) is 3. The molecule has 0 atom stereocenters. The molecule has 0 aliphatic rings. The Morgan fingerprint density at radius 1 is 0.258 bits per heavy atom. The molecule has 0 N–H and O–H groups in total. The molecule has 16 aromatic rings. The van der Waals surface area contributed by atoms with Crippen LogP contribution in [0.2, 0.25) is 0 Å². The van der Waals surface area contributed by atoms with Gasteiger partial charge in [-0.3, -0.25) is 4.98 Å². The van der Waals surface area contributed by atoms with E-state index in [9.17, 15) is 0 Å². The van der Waals surface area contributed by atoms with Gasteiger partial charge in [0.1, 0.15) is 0 Å².